The van der Waals surface area contributed by atoms with Gasteiger partial charge in [0.1, 0.15) is 11.3 Å². The molecule has 31 heavy (non-hydrogen) atoms. The number of aromatic nitrogens is 7. The van der Waals surface area contributed by atoms with Crippen molar-refractivity contribution in [1.82, 2.24) is 35.0 Å². The molecule has 0 amide bonds. The van der Waals surface area contributed by atoms with E-state index in [4.69, 9.17) is 0 Å². The zero-order chi connectivity index (χ0) is 20.8. The lowest BCUT2D eigenvalue weighted by molar-refractivity contribution is 0.620. The minimum atomic E-state index is -0.253. The second kappa shape index (κ2) is 6.88. The Hall–Kier alpha value is -4.33. The molecule has 0 saturated heterocycles. The number of hydrogen-bond acceptors (Lipinski definition) is 4. The van der Waals surface area contributed by atoms with E-state index in [1.165, 1.54) is 12.1 Å². The minimum Gasteiger partial charge on any atom is -0.278 e. The van der Waals surface area contributed by atoms with Crippen molar-refractivity contribution in [2.75, 3.05) is 0 Å². The highest BCUT2D eigenvalue weighted by Crippen LogP contribution is 2.26. The summed E-state index contributed by atoms with van der Waals surface area (Å²) in [6, 6.07) is 20.5. The van der Waals surface area contributed by atoms with Crippen LogP contribution in [0.5, 0.6) is 0 Å². The number of rotatable bonds is 4. The van der Waals surface area contributed by atoms with Crippen molar-refractivity contribution in [2.24, 2.45) is 0 Å². The Morgan fingerprint density at radius 2 is 1.94 bits per heavy atom. The van der Waals surface area contributed by atoms with Crippen LogP contribution in [0.15, 0.2) is 79.1 Å². The van der Waals surface area contributed by atoms with Crippen molar-refractivity contribution in [3.63, 3.8) is 0 Å². The molecule has 7 nitrogen and oxygen atoms in total. The highest BCUT2D eigenvalue weighted by molar-refractivity contribution is 5.84. The molecule has 3 heterocycles. The predicted molar refractivity (Wildman–Crippen MR) is 115 cm³/mol. The molecule has 1 N–H and O–H groups in total. The van der Waals surface area contributed by atoms with Crippen LogP contribution in [0.4, 0.5) is 4.39 Å². The van der Waals surface area contributed by atoms with Gasteiger partial charge >= 0.3 is 0 Å². The number of benzene rings is 3. The van der Waals surface area contributed by atoms with E-state index in [1.807, 2.05) is 57.9 Å². The first-order valence-corrected chi connectivity index (χ1v) is 9.80. The predicted octanol–water partition coefficient (Wildman–Crippen LogP) is 4.35. The zero-order valence-electron chi connectivity index (χ0n) is 16.3. The van der Waals surface area contributed by atoms with Crippen LogP contribution in [0.2, 0.25) is 0 Å². The fourth-order valence-corrected chi connectivity index (χ4v) is 3.84. The molecule has 0 aliphatic carbocycles. The van der Waals surface area contributed by atoms with E-state index in [2.05, 4.69) is 25.6 Å². The first-order valence-electron chi connectivity index (χ1n) is 9.80. The molecule has 0 aliphatic heterocycles. The van der Waals surface area contributed by atoms with Gasteiger partial charge in [-0.05, 0) is 54.1 Å². The van der Waals surface area contributed by atoms with Crippen molar-refractivity contribution in [3.05, 3.63) is 90.5 Å². The first kappa shape index (κ1) is 17.5. The molecule has 0 atom stereocenters. The second-order valence-corrected chi connectivity index (χ2v) is 7.35. The molecule has 0 aliphatic rings. The van der Waals surface area contributed by atoms with Gasteiger partial charge < -0.3 is 0 Å². The zero-order valence-corrected chi connectivity index (χ0v) is 16.3. The lowest BCUT2D eigenvalue weighted by Gasteiger charge is -2.09. The fraction of sp³-hybridized carbons (Fsp3) is 0.0435. The van der Waals surface area contributed by atoms with E-state index in [9.17, 15) is 4.39 Å². The van der Waals surface area contributed by atoms with E-state index >= 15 is 0 Å². The molecule has 6 aromatic rings. The summed E-state index contributed by atoms with van der Waals surface area (Å²) in [6.45, 7) is 0.478. The topological polar surface area (TPSA) is 77.2 Å². The summed E-state index contributed by atoms with van der Waals surface area (Å²) >= 11 is 0. The first-order chi connectivity index (χ1) is 15.2. The Balaban J connectivity index is 1.42. The van der Waals surface area contributed by atoms with Crippen molar-refractivity contribution >= 4 is 21.9 Å². The van der Waals surface area contributed by atoms with Crippen LogP contribution in [0.25, 0.3) is 38.9 Å². The Bertz CT molecular complexity index is 1540. The molecular formula is C23H16FN7. The van der Waals surface area contributed by atoms with E-state index in [-0.39, 0.29) is 5.82 Å². The number of nitrogens with one attached hydrogen (secondary N) is 1. The van der Waals surface area contributed by atoms with Gasteiger partial charge in [0.05, 0.1) is 35.2 Å². The van der Waals surface area contributed by atoms with E-state index in [0.29, 0.717) is 6.54 Å². The Morgan fingerprint density at radius 3 is 2.87 bits per heavy atom. The summed E-state index contributed by atoms with van der Waals surface area (Å²) in [5.74, 6) is -0.253. The van der Waals surface area contributed by atoms with Crippen molar-refractivity contribution < 1.29 is 4.39 Å². The van der Waals surface area contributed by atoms with E-state index in [0.717, 1.165) is 44.4 Å². The molecule has 0 radical (unpaired) electrons. The van der Waals surface area contributed by atoms with Gasteiger partial charge in [0, 0.05) is 17.1 Å². The van der Waals surface area contributed by atoms with Gasteiger partial charge in [-0.2, -0.15) is 10.2 Å². The Kier molecular flexibility index (Phi) is 3.89. The van der Waals surface area contributed by atoms with Gasteiger partial charge in [-0.3, -0.25) is 9.78 Å². The Morgan fingerprint density at radius 1 is 0.968 bits per heavy atom. The summed E-state index contributed by atoms with van der Waals surface area (Å²) in [5, 5.41) is 21.2. The van der Waals surface area contributed by atoms with Crippen LogP contribution in [0.3, 0.4) is 0 Å². The summed E-state index contributed by atoms with van der Waals surface area (Å²) in [7, 11) is 0. The fourth-order valence-electron chi connectivity index (χ4n) is 3.84. The molecule has 3 aromatic heterocycles. The number of halogens is 1. The summed E-state index contributed by atoms with van der Waals surface area (Å²) in [4.78, 5) is 0. The average molecular weight is 409 g/mol. The summed E-state index contributed by atoms with van der Waals surface area (Å²) < 4.78 is 17.3. The average Bonchev–Trinajstić information content (AvgIpc) is 3.52. The molecular weight excluding hydrogens is 393 g/mol. The van der Waals surface area contributed by atoms with Gasteiger partial charge in [-0.15, -0.1) is 5.10 Å². The van der Waals surface area contributed by atoms with Crippen molar-refractivity contribution in [2.45, 2.75) is 6.54 Å². The van der Waals surface area contributed by atoms with E-state index in [1.54, 1.807) is 18.5 Å². The molecule has 0 saturated carbocycles. The van der Waals surface area contributed by atoms with Crippen LogP contribution in [-0.4, -0.2) is 35.0 Å². The van der Waals surface area contributed by atoms with Gasteiger partial charge in [0.2, 0.25) is 0 Å². The Labute approximate surface area is 175 Å². The van der Waals surface area contributed by atoms with Crippen LogP contribution in [-0.2, 0) is 6.54 Å². The largest absolute Gasteiger partial charge is 0.278 e. The molecule has 8 heteroatoms. The molecule has 0 unspecified atom stereocenters. The van der Waals surface area contributed by atoms with Crippen LogP contribution in [0, 0.1) is 5.82 Å². The van der Waals surface area contributed by atoms with Crippen molar-refractivity contribution in [3.8, 4) is 16.9 Å². The summed E-state index contributed by atoms with van der Waals surface area (Å²) in [5.41, 5.74) is 6.27. The highest BCUT2D eigenvalue weighted by atomic mass is 19.1. The van der Waals surface area contributed by atoms with Gasteiger partial charge in [0.25, 0.3) is 0 Å². The van der Waals surface area contributed by atoms with Gasteiger partial charge in [-0.25, -0.2) is 9.07 Å². The smallest absolute Gasteiger partial charge is 0.123 e. The number of nitrogens with zero attached hydrogens (tertiary/aromatic N) is 6. The molecule has 0 fully saturated rings. The van der Waals surface area contributed by atoms with Gasteiger partial charge in [0.15, 0.2) is 0 Å². The maximum Gasteiger partial charge on any atom is 0.123 e. The van der Waals surface area contributed by atoms with Crippen LogP contribution in [0.1, 0.15) is 5.56 Å². The number of hydrogen-bond donors (Lipinski definition) is 1. The third kappa shape index (κ3) is 3.05. The highest BCUT2D eigenvalue weighted by Gasteiger charge is 2.12. The maximum atomic E-state index is 13.6. The number of fused-ring (bicyclic) bond motifs is 2. The quantitative estimate of drug-likeness (QED) is 0.470. The van der Waals surface area contributed by atoms with E-state index < -0.39 is 0 Å². The molecule has 0 bridgehead atoms. The van der Waals surface area contributed by atoms with Gasteiger partial charge in [-0.1, -0.05) is 23.4 Å². The third-order valence-corrected chi connectivity index (χ3v) is 5.35. The molecule has 0 spiro atoms. The van der Waals surface area contributed by atoms with Crippen molar-refractivity contribution in [1.29, 1.82) is 0 Å². The SMILES string of the molecule is Fc1cccc(Cn2nccc2-c2ccc3nnn(-c4ccc5cn[nH]c5c4)c3c2)c1. The molecule has 150 valence electrons. The second-order valence-electron chi connectivity index (χ2n) is 7.35. The molecule has 6 rings (SSSR count). The lowest BCUT2D eigenvalue weighted by atomic mass is 10.1. The normalized spacial score (nSPS) is 11.5. The minimum absolute atomic E-state index is 0.253. The third-order valence-electron chi connectivity index (χ3n) is 5.35. The maximum absolute atomic E-state index is 13.6. The standard InChI is InChI=1S/C23H16FN7/c24-18-3-1-2-15(10-18)14-30-22(8-9-26-30)16-5-7-20-23(11-16)31(29-28-20)19-6-4-17-13-25-27-21(17)12-19/h1-13H,14H2,(H,25,27). The van der Waals surface area contributed by atoms with Crippen LogP contribution < -0.4 is 0 Å². The lowest BCUT2D eigenvalue weighted by Crippen LogP contribution is -2.04. The molecule has 3 aromatic carbocycles. The monoisotopic (exact) mass is 409 g/mol. The van der Waals surface area contributed by atoms with Crippen LogP contribution >= 0.6 is 0 Å². The number of aromatic amines is 1. The summed E-state index contributed by atoms with van der Waals surface area (Å²) in [6.07, 6.45) is 3.54. The number of H-pyrrole nitrogens is 1.